The van der Waals surface area contributed by atoms with Crippen LogP contribution in [0.3, 0.4) is 0 Å². The summed E-state index contributed by atoms with van der Waals surface area (Å²) in [7, 11) is 0. The van der Waals surface area contributed by atoms with E-state index < -0.39 is 0 Å². The fourth-order valence-corrected chi connectivity index (χ4v) is 4.14. The van der Waals surface area contributed by atoms with Crippen molar-refractivity contribution in [3.05, 3.63) is 53.3 Å². The van der Waals surface area contributed by atoms with Crippen molar-refractivity contribution in [3.8, 4) is 0 Å². The molecule has 33 heavy (non-hydrogen) atoms. The number of aryl methyl sites for hydroxylation is 1. The molecular formula is C25H31N5O3. The summed E-state index contributed by atoms with van der Waals surface area (Å²) in [5.41, 5.74) is 2.29. The molecule has 0 aliphatic carbocycles. The first-order valence-corrected chi connectivity index (χ1v) is 11.6. The van der Waals surface area contributed by atoms with Crippen molar-refractivity contribution in [2.75, 3.05) is 13.1 Å². The van der Waals surface area contributed by atoms with E-state index >= 15 is 0 Å². The van der Waals surface area contributed by atoms with Gasteiger partial charge in [-0.05, 0) is 32.4 Å². The first-order valence-electron chi connectivity index (χ1n) is 11.6. The molecule has 1 atom stereocenters. The number of carbonyl (C=O) groups excluding carboxylic acids is 2. The number of aromatic nitrogens is 3. The number of carbonyl (C=O) groups is 2. The van der Waals surface area contributed by atoms with Gasteiger partial charge in [0.25, 0.3) is 5.91 Å². The van der Waals surface area contributed by atoms with Crippen LogP contribution in [0.4, 0.5) is 0 Å². The zero-order valence-corrected chi connectivity index (χ0v) is 19.7. The lowest BCUT2D eigenvalue weighted by Gasteiger charge is -2.17. The highest BCUT2D eigenvalue weighted by molar-refractivity contribution is 6.06. The standard InChI is InChI=1S/C25H31N5O3/c1-15(2)24-28-22(33-29-24)9-10-23(31)30-12-11-17(14-30)21-13-19(25(32)26-16(3)4)18-7-5-6-8-20(18)27-21/h5-8,13,15-17H,9-12,14H2,1-4H3,(H,26,32)/t17-/m1/s1. The van der Waals surface area contributed by atoms with Gasteiger partial charge in [0.2, 0.25) is 11.8 Å². The summed E-state index contributed by atoms with van der Waals surface area (Å²) >= 11 is 0. The van der Waals surface area contributed by atoms with Crippen LogP contribution in [-0.4, -0.2) is 51.0 Å². The molecule has 0 spiro atoms. The highest BCUT2D eigenvalue weighted by Gasteiger charge is 2.29. The van der Waals surface area contributed by atoms with Crippen molar-refractivity contribution in [2.45, 2.75) is 64.8 Å². The number of hydrogen-bond donors (Lipinski definition) is 1. The van der Waals surface area contributed by atoms with E-state index in [2.05, 4.69) is 15.5 Å². The van der Waals surface area contributed by atoms with Gasteiger partial charge in [-0.1, -0.05) is 37.2 Å². The Labute approximate surface area is 193 Å². The van der Waals surface area contributed by atoms with Gasteiger partial charge in [-0.3, -0.25) is 14.6 Å². The van der Waals surface area contributed by atoms with Gasteiger partial charge in [-0.25, -0.2) is 0 Å². The van der Waals surface area contributed by atoms with Crippen LogP contribution in [0.1, 0.15) is 80.1 Å². The third kappa shape index (κ3) is 5.21. The van der Waals surface area contributed by atoms with E-state index in [0.717, 1.165) is 23.0 Å². The Morgan fingerprint density at radius 3 is 2.70 bits per heavy atom. The second-order valence-electron chi connectivity index (χ2n) is 9.27. The van der Waals surface area contributed by atoms with E-state index in [-0.39, 0.29) is 29.7 Å². The normalized spacial score (nSPS) is 16.2. The van der Waals surface area contributed by atoms with Gasteiger partial charge in [0.15, 0.2) is 5.82 Å². The van der Waals surface area contributed by atoms with Gasteiger partial charge >= 0.3 is 0 Å². The maximum absolute atomic E-state index is 12.8. The van der Waals surface area contributed by atoms with Crippen molar-refractivity contribution in [1.82, 2.24) is 25.3 Å². The first kappa shape index (κ1) is 22.9. The largest absolute Gasteiger partial charge is 0.350 e. The smallest absolute Gasteiger partial charge is 0.252 e. The van der Waals surface area contributed by atoms with E-state index in [1.807, 2.05) is 62.9 Å². The molecule has 1 N–H and O–H groups in total. The van der Waals surface area contributed by atoms with Crippen molar-refractivity contribution >= 4 is 22.7 Å². The van der Waals surface area contributed by atoms with Crippen molar-refractivity contribution in [1.29, 1.82) is 0 Å². The van der Waals surface area contributed by atoms with E-state index in [4.69, 9.17) is 9.51 Å². The van der Waals surface area contributed by atoms with Gasteiger partial charge < -0.3 is 14.7 Å². The molecule has 4 rings (SSSR count). The number of fused-ring (bicyclic) bond motifs is 1. The quantitative estimate of drug-likeness (QED) is 0.588. The number of benzene rings is 1. The molecule has 2 amide bonds. The second-order valence-corrected chi connectivity index (χ2v) is 9.27. The summed E-state index contributed by atoms with van der Waals surface area (Å²) in [6, 6.07) is 9.63. The zero-order valence-electron chi connectivity index (χ0n) is 19.7. The number of amides is 2. The molecule has 1 fully saturated rings. The SMILES string of the molecule is CC(C)NC(=O)c1cc([C@@H]2CCN(C(=O)CCc3nc(C(C)C)no3)C2)nc2ccccc12. The number of pyridine rings is 1. The Kier molecular flexibility index (Phi) is 6.72. The minimum Gasteiger partial charge on any atom is -0.350 e. The van der Waals surface area contributed by atoms with Crippen molar-refractivity contribution < 1.29 is 14.1 Å². The van der Waals surface area contributed by atoms with Gasteiger partial charge in [0.1, 0.15) is 0 Å². The molecule has 8 nitrogen and oxygen atoms in total. The number of nitrogens with zero attached hydrogens (tertiary/aromatic N) is 4. The molecular weight excluding hydrogens is 418 g/mol. The Bertz CT molecular complexity index is 1150. The molecule has 0 bridgehead atoms. The van der Waals surface area contributed by atoms with E-state index in [9.17, 15) is 9.59 Å². The fraction of sp³-hybridized carbons (Fsp3) is 0.480. The highest BCUT2D eigenvalue weighted by atomic mass is 16.5. The Morgan fingerprint density at radius 2 is 1.97 bits per heavy atom. The molecule has 1 aromatic carbocycles. The summed E-state index contributed by atoms with van der Waals surface area (Å²) in [6.45, 7) is 9.16. The minimum absolute atomic E-state index is 0.0444. The lowest BCUT2D eigenvalue weighted by Crippen LogP contribution is -2.30. The summed E-state index contributed by atoms with van der Waals surface area (Å²) in [4.78, 5) is 36.7. The predicted molar refractivity (Wildman–Crippen MR) is 125 cm³/mol. The van der Waals surface area contributed by atoms with Crippen LogP contribution in [0.25, 0.3) is 10.9 Å². The number of hydrogen-bond acceptors (Lipinski definition) is 6. The molecule has 3 heterocycles. The molecule has 8 heteroatoms. The Hall–Kier alpha value is -3.29. The van der Waals surface area contributed by atoms with Crippen LogP contribution in [0, 0.1) is 0 Å². The third-order valence-electron chi connectivity index (χ3n) is 5.91. The first-order chi connectivity index (χ1) is 15.8. The van der Waals surface area contributed by atoms with Crippen LogP contribution >= 0.6 is 0 Å². The molecule has 1 saturated heterocycles. The molecule has 1 aliphatic heterocycles. The van der Waals surface area contributed by atoms with E-state index in [0.29, 0.717) is 43.2 Å². The van der Waals surface area contributed by atoms with Crippen LogP contribution in [0.2, 0.25) is 0 Å². The summed E-state index contributed by atoms with van der Waals surface area (Å²) in [6.07, 6.45) is 1.59. The molecule has 0 saturated carbocycles. The number of rotatable bonds is 7. The van der Waals surface area contributed by atoms with Gasteiger partial charge in [-0.2, -0.15) is 4.98 Å². The van der Waals surface area contributed by atoms with Crippen LogP contribution in [-0.2, 0) is 11.2 Å². The Balaban J connectivity index is 1.46. The van der Waals surface area contributed by atoms with E-state index in [1.54, 1.807) is 0 Å². The van der Waals surface area contributed by atoms with Crippen LogP contribution < -0.4 is 5.32 Å². The third-order valence-corrected chi connectivity index (χ3v) is 5.91. The average Bonchev–Trinajstić information content (AvgIpc) is 3.46. The van der Waals surface area contributed by atoms with Crippen LogP contribution in [0.5, 0.6) is 0 Å². The summed E-state index contributed by atoms with van der Waals surface area (Å²) in [5, 5.41) is 7.78. The van der Waals surface area contributed by atoms with Gasteiger partial charge in [0, 0.05) is 54.9 Å². The van der Waals surface area contributed by atoms with Crippen molar-refractivity contribution in [3.63, 3.8) is 0 Å². The molecule has 2 aromatic heterocycles. The topological polar surface area (TPSA) is 101 Å². The lowest BCUT2D eigenvalue weighted by atomic mass is 9.99. The molecule has 0 radical (unpaired) electrons. The zero-order chi connectivity index (χ0) is 23.5. The van der Waals surface area contributed by atoms with Gasteiger partial charge in [0.05, 0.1) is 11.1 Å². The fourth-order valence-electron chi connectivity index (χ4n) is 4.14. The Morgan fingerprint density at radius 1 is 1.18 bits per heavy atom. The molecule has 3 aromatic rings. The average molecular weight is 450 g/mol. The highest BCUT2D eigenvalue weighted by Crippen LogP contribution is 2.30. The lowest BCUT2D eigenvalue weighted by molar-refractivity contribution is -0.130. The number of likely N-dealkylation sites (tertiary alicyclic amines) is 1. The maximum atomic E-state index is 12.8. The van der Waals surface area contributed by atoms with Gasteiger partial charge in [-0.15, -0.1) is 0 Å². The molecule has 0 unspecified atom stereocenters. The number of nitrogens with one attached hydrogen (secondary N) is 1. The van der Waals surface area contributed by atoms with Crippen LogP contribution in [0.15, 0.2) is 34.9 Å². The maximum Gasteiger partial charge on any atom is 0.252 e. The molecule has 174 valence electrons. The minimum atomic E-state index is -0.101. The molecule has 1 aliphatic rings. The number of para-hydroxylation sites is 1. The summed E-state index contributed by atoms with van der Waals surface area (Å²) in [5.74, 6) is 1.43. The van der Waals surface area contributed by atoms with Crippen molar-refractivity contribution in [2.24, 2.45) is 0 Å². The monoisotopic (exact) mass is 449 g/mol. The van der Waals surface area contributed by atoms with E-state index in [1.165, 1.54) is 0 Å². The summed E-state index contributed by atoms with van der Waals surface area (Å²) < 4.78 is 5.25. The second kappa shape index (κ2) is 9.68. The predicted octanol–water partition coefficient (Wildman–Crippen LogP) is 3.83.